The number of hydrogen-bond acceptors (Lipinski definition) is 1. The molecule has 0 radical (unpaired) electrons. The lowest BCUT2D eigenvalue weighted by Gasteiger charge is -2.26. The molecule has 1 N–H and O–H groups in total. The monoisotopic (exact) mass is 191 g/mol. The normalized spacial score (nSPS) is 11.8. The molecule has 1 nitrogen and oxygen atoms in total. The summed E-state index contributed by atoms with van der Waals surface area (Å²) in [6, 6.07) is 6.50. The van der Waals surface area contributed by atoms with E-state index in [0.29, 0.717) is 0 Å². The van der Waals surface area contributed by atoms with Gasteiger partial charge in [0.1, 0.15) is 0 Å². The molecule has 0 aliphatic heterocycles. The van der Waals surface area contributed by atoms with E-state index in [4.69, 9.17) is 0 Å². The fraction of sp³-hybridized carbons (Fsp3) is 0.538. The zero-order valence-electron chi connectivity index (χ0n) is 9.94. The number of hydrogen-bond donors (Lipinski definition) is 1. The second kappa shape index (κ2) is 4.14. The minimum absolute atomic E-state index is 0.177. The lowest BCUT2D eigenvalue weighted by molar-refractivity contribution is 0.420. The van der Waals surface area contributed by atoms with E-state index < -0.39 is 0 Å². The van der Waals surface area contributed by atoms with Crippen LogP contribution in [0.5, 0.6) is 0 Å². The summed E-state index contributed by atoms with van der Waals surface area (Å²) in [6.07, 6.45) is 1.09. The van der Waals surface area contributed by atoms with Crippen LogP contribution in [0.25, 0.3) is 0 Å². The van der Waals surface area contributed by atoms with Gasteiger partial charge in [0.15, 0.2) is 0 Å². The van der Waals surface area contributed by atoms with Crippen LogP contribution in [0, 0.1) is 13.8 Å². The van der Waals surface area contributed by atoms with Gasteiger partial charge in [-0.15, -0.1) is 0 Å². The molecule has 1 aromatic carbocycles. The second-order valence-corrected chi connectivity index (χ2v) is 4.68. The Morgan fingerprint density at radius 1 is 1.14 bits per heavy atom. The summed E-state index contributed by atoms with van der Waals surface area (Å²) in [5.74, 6) is 0. The van der Waals surface area contributed by atoms with Crippen LogP contribution in [-0.4, -0.2) is 12.6 Å². The highest BCUT2D eigenvalue weighted by atomic mass is 14.9. The Morgan fingerprint density at radius 2 is 1.64 bits per heavy atom. The van der Waals surface area contributed by atoms with Crippen LogP contribution >= 0.6 is 0 Å². The molecule has 0 bridgehead atoms. The van der Waals surface area contributed by atoms with Crippen molar-refractivity contribution in [3.05, 3.63) is 34.9 Å². The van der Waals surface area contributed by atoms with E-state index >= 15 is 0 Å². The van der Waals surface area contributed by atoms with Gasteiger partial charge in [-0.05, 0) is 57.9 Å². The molecule has 78 valence electrons. The molecule has 0 spiro atoms. The Labute approximate surface area is 87.5 Å². The first-order valence-corrected chi connectivity index (χ1v) is 5.20. The Balaban J connectivity index is 2.97. The Morgan fingerprint density at radius 3 is 2.07 bits per heavy atom. The zero-order chi connectivity index (χ0) is 10.8. The SMILES string of the molecule is CNC(C)(C)Cc1c(C)cccc1C. The Kier molecular flexibility index (Phi) is 3.33. The summed E-state index contributed by atoms with van der Waals surface area (Å²) in [5.41, 5.74) is 4.45. The molecule has 0 fully saturated rings. The highest BCUT2D eigenvalue weighted by molar-refractivity contribution is 5.34. The number of benzene rings is 1. The standard InChI is InChI=1S/C13H21N/c1-10-7-6-8-11(2)12(10)9-13(3,4)14-5/h6-8,14H,9H2,1-5H3. The average molecular weight is 191 g/mol. The van der Waals surface area contributed by atoms with Crippen molar-refractivity contribution in [2.75, 3.05) is 7.05 Å². The zero-order valence-corrected chi connectivity index (χ0v) is 9.94. The summed E-state index contributed by atoms with van der Waals surface area (Å²) in [7, 11) is 2.02. The largest absolute Gasteiger partial charge is 0.314 e. The predicted octanol–water partition coefficient (Wildman–Crippen LogP) is 2.84. The average Bonchev–Trinajstić information content (AvgIpc) is 2.12. The van der Waals surface area contributed by atoms with Crippen molar-refractivity contribution in [1.29, 1.82) is 0 Å². The summed E-state index contributed by atoms with van der Waals surface area (Å²) >= 11 is 0. The van der Waals surface area contributed by atoms with E-state index in [2.05, 4.69) is 51.2 Å². The van der Waals surface area contributed by atoms with E-state index in [1.165, 1.54) is 16.7 Å². The summed E-state index contributed by atoms with van der Waals surface area (Å²) in [5, 5.41) is 3.34. The fourth-order valence-corrected chi connectivity index (χ4v) is 1.66. The van der Waals surface area contributed by atoms with Crippen molar-refractivity contribution in [3.63, 3.8) is 0 Å². The molecule has 0 atom stereocenters. The molecular formula is C13H21N. The number of aryl methyl sites for hydroxylation is 2. The molecule has 0 amide bonds. The van der Waals surface area contributed by atoms with Crippen LogP contribution in [0.2, 0.25) is 0 Å². The van der Waals surface area contributed by atoms with Gasteiger partial charge in [-0.2, -0.15) is 0 Å². The van der Waals surface area contributed by atoms with E-state index in [9.17, 15) is 0 Å². The summed E-state index contributed by atoms with van der Waals surface area (Å²) < 4.78 is 0. The molecule has 0 aliphatic rings. The third kappa shape index (κ3) is 2.58. The first-order chi connectivity index (χ1) is 6.46. The summed E-state index contributed by atoms with van der Waals surface area (Å²) in [6.45, 7) is 8.85. The van der Waals surface area contributed by atoms with Gasteiger partial charge >= 0.3 is 0 Å². The molecule has 1 heteroatoms. The number of likely N-dealkylation sites (N-methyl/N-ethyl adjacent to an activating group) is 1. The van der Waals surface area contributed by atoms with Crippen LogP contribution in [0.4, 0.5) is 0 Å². The first kappa shape index (κ1) is 11.3. The predicted molar refractivity (Wildman–Crippen MR) is 62.8 cm³/mol. The molecule has 1 aromatic rings. The molecule has 0 unspecified atom stereocenters. The van der Waals surface area contributed by atoms with Crippen molar-refractivity contribution in [2.45, 2.75) is 39.7 Å². The van der Waals surface area contributed by atoms with Crippen LogP contribution in [0.1, 0.15) is 30.5 Å². The minimum Gasteiger partial charge on any atom is -0.314 e. The molecule has 0 saturated heterocycles. The number of rotatable bonds is 3. The maximum Gasteiger partial charge on any atom is 0.0162 e. The van der Waals surface area contributed by atoms with Gasteiger partial charge in [0.2, 0.25) is 0 Å². The molecular weight excluding hydrogens is 170 g/mol. The van der Waals surface area contributed by atoms with Crippen molar-refractivity contribution in [2.24, 2.45) is 0 Å². The fourth-order valence-electron chi connectivity index (χ4n) is 1.66. The van der Waals surface area contributed by atoms with Gasteiger partial charge in [-0.25, -0.2) is 0 Å². The molecule has 0 saturated carbocycles. The smallest absolute Gasteiger partial charge is 0.0162 e. The van der Waals surface area contributed by atoms with E-state index in [1.54, 1.807) is 0 Å². The van der Waals surface area contributed by atoms with Gasteiger partial charge in [0, 0.05) is 5.54 Å². The van der Waals surface area contributed by atoms with Gasteiger partial charge in [0.05, 0.1) is 0 Å². The van der Waals surface area contributed by atoms with Crippen molar-refractivity contribution >= 4 is 0 Å². The third-order valence-corrected chi connectivity index (χ3v) is 2.94. The topological polar surface area (TPSA) is 12.0 Å². The van der Waals surface area contributed by atoms with E-state index in [1.807, 2.05) is 7.05 Å². The second-order valence-electron chi connectivity index (χ2n) is 4.68. The molecule has 0 aromatic heterocycles. The highest BCUT2D eigenvalue weighted by Crippen LogP contribution is 2.19. The minimum atomic E-state index is 0.177. The lowest BCUT2D eigenvalue weighted by Crippen LogP contribution is -2.38. The Bertz CT molecular complexity index is 293. The van der Waals surface area contributed by atoms with Crippen LogP contribution in [0.3, 0.4) is 0 Å². The molecule has 1 rings (SSSR count). The first-order valence-electron chi connectivity index (χ1n) is 5.20. The van der Waals surface area contributed by atoms with E-state index in [-0.39, 0.29) is 5.54 Å². The van der Waals surface area contributed by atoms with Crippen molar-refractivity contribution < 1.29 is 0 Å². The van der Waals surface area contributed by atoms with Crippen molar-refractivity contribution in [1.82, 2.24) is 5.32 Å². The third-order valence-electron chi connectivity index (χ3n) is 2.94. The van der Waals surface area contributed by atoms with Gasteiger partial charge in [-0.3, -0.25) is 0 Å². The maximum absolute atomic E-state index is 3.34. The lowest BCUT2D eigenvalue weighted by atomic mass is 9.90. The van der Waals surface area contributed by atoms with Crippen molar-refractivity contribution in [3.8, 4) is 0 Å². The van der Waals surface area contributed by atoms with Crippen LogP contribution in [0.15, 0.2) is 18.2 Å². The summed E-state index contributed by atoms with van der Waals surface area (Å²) in [4.78, 5) is 0. The van der Waals surface area contributed by atoms with Crippen LogP contribution in [-0.2, 0) is 6.42 Å². The van der Waals surface area contributed by atoms with Gasteiger partial charge < -0.3 is 5.32 Å². The van der Waals surface area contributed by atoms with Gasteiger partial charge in [-0.1, -0.05) is 18.2 Å². The molecule has 14 heavy (non-hydrogen) atoms. The Hall–Kier alpha value is -0.820. The van der Waals surface area contributed by atoms with Crippen LogP contribution < -0.4 is 5.32 Å². The molecule has 0 aliphatic carbocycles. The highest BCUT2D eigenvalue weighted by Gasteiger charge is 2.17. The maximum atomic E-state index is 3.34. The van der Waals surface area contributed by atoms with E-state index in [0.717, 1.165) is 6.42 Å². The quantitative estimate of drug-likeness (QED) is 0.774. The number of nitrogens with one attached hydrogen (secondary N) is 1. The molecule has 0 heterocycles. The van der Waals surface area contributed by atoms with Gasteiger partial charge in [0.25, 0.3) is 0 Å².